The average molecular weight is 1030 g/mol. The van der Waals surface area contributed by atoms with Gasteiger partial charge in [-0.3, -0.25) is 28.2 Å². The lowest BCUT2D eigenvalue weighted by atomic mass is 10.0. The molecular formula is C50H58N8O12S2. The van der Waals surface area contributed by atoms with E-state index in [4.69, 9.17) is 18.9 Å². The largest absolute Gasteiger partial charge is 0.494 e. The van der Waals surface area contributed by atoms with Gasteiger partial charge >= 0.3 is 0 Å². The Balaban J connectivity index is 0.000000235. The highest BCUT2D eigenvalue weighted by Gasteiger charge is 2.29. The summed E-state index contributed by atoms with van der Waals surface area (Å²) in [6, 6.07) is 21.9. The minimum Gasteiger partial charge on any atom is -0.494 e. The van der Waals surface area contributed by atoms with Crippen molar-refractivity contribution in [3.8, 4) is 46.1 Å². The van der Waals surface area contributed by atoms with Crippen molar-refractivity contribution in [2.45, 2.75) is 77.0 Å². The van der Waals surface area contributed by atoms with E-state index in [1.54, 1.807) is 67.0 Å². The Morgan fingerprint density at radius 2 is 1.18 bits per heavy atom. The minimum absolute atomic E-state index is 0.0178. The summed E-state index contributed by atoms with van der Waals surface area (Å²) in [5.41, 5.74) is -1.39. The second kappa shape index (κ2) is 23.5. The Labute approximate surface area is 417 Å². The van der Waals surface area contributed by atoms with Crippen LogP contribution in [0.2, 0.25) is 0 Å². The first kappa shape index (κ1) is 53.6. The normalized spacial score (nSPS) is 11.8. The molecule has 3 heterocycles. The van der Waals surface area contributed by atoms with Crippen LogP contribution in [0.3, 0.4) is 0 Å². The maximum Gasteiger partial charge on any atom is 0.286 e. The third-order valence-corrected chi connectivity index (χ3v) is 13.9. The number of benzene rings is 4. The Morgan fingerprint density at radius 3 is 1.74 bits per heavy atom. The van der Waals surface area contributed by atoms with Crippen molar-refractivity contribution >= 4 is 42.2 Å². The van der Waals surface area contributed by atoms with E-state index < -0.39 is 60.1 Å². The zero-order valence-corrected chi connectivity index (χ0v) is 42.8. The zero-order chi connectivity index (χ0) is 52.3. The molecule has 4 aromatic carbocycles. The summed E-state index contributed by atoms with van der Waals surface area (Å²) in [6.07, 6.45) is 6.53. The van der Waals surface area contributed by atoms with Crippen molar-refractivity contribution in [3.63, 3.8) is 0 Å². The van der Waals surface area contributed by atoms with E-state index in [2.05, 4.69) is 29.4 Å². The first-order valence-corrected chi connectivity index (χ1v) is 26.0. The number of anilines is 2. The number of aryl methyl sites for hydroxylation is 3. The van der Waals surface area contributed by atoms with Gasteiger partial charge in [-0.2, -0.15) is 9.97 Å². The van der Waals surface area contributed by atoms with Gasteiger partial charge in [0.2, 0.25) is 21.8 Å². The SMILES string of the molecule is CCCCc1nc(O)c(NS(=O)(=O)c2ccc3ccccc3c2)c(=O)n1-c1c(OC)cccc1OC.CCC[C@H](C)c1nc(O)c(NS(=O)(=O)CCc2ncc(C)cn2)c(=O)n1-c1c(OC)cccc1OC. The fraction of sp³-hybridized carbons (Fsp3) is 0.320. The number of methoxy groups -OCH3 is 4. The molecule has 7 aromatic rings. The van der Waals surface area contributed by atoms with Gasteiger partial charge in [0.05, 0.1) is 39.1 Å². The van der Waals surface area contributed by atoms with Crippen LogP contribution in [-0.2, 0) is 32.9 Å². The quantitative estimate of drug-likeness (QED) is 0.0588. The second-order valence-corrected chi connectivity index (χ2v) is 20.0. The molecule has 0 spiro atoms. The Bertz CT molecular complexity index is 3360. The van der Waals surface area contributed by atoms with E-state index >= 15 is 0 Å². The number of hydrogen-bond acceptors (Lipinski definition) is 16. The molecule has 20 nitrogen and oxygen atoms in total. The molecule has 0 aliphatic carbocycles. The van der Waals surface area contributed by atoms with E-state index in [0.717, 1.165) is 23.8 Å². The third kappa shape index (κ3) is 12.1. The summed E-state index contributed by atoms with van der Waals surface area (Å²) in [5, 5.41) is 22.9. The van der Waals surface area contributed by atoms with Crippen molar-refractivity contribution in [1.82, 2.24) is 29.1 Å². The maximum absolute atomic E-state index is 13.8. The molecule has 0 amide bonds. The first-order valence-electron chi connectivity index (χ1n) is 22.8. The number of aromatic nitrogens is 6. The number of unbranched alkanes of at least 4 members (excludes halogenated alkanes) is 1. The van der Waals surface area contributed by atoms with Gasteiger partial charge in [-0.25, -0.2) is 26.8 Å². The van der Waals surface area contributed by atoms with E-state index in [0.29, 0.717) is 53.5 Å². The molecule has 1 atom stereocenters. The van der Waals surface area contributed by atoms with E-state index in [1.807, 2.05) is 39.8 Å². The van der Waals surface area contributed by atoms with Crippen molar-refractivity contribution in [1.29, 1.82) is 0 Å². The van der Waals surface area contributed by atoms with Gasteiger partial charge in [0, 0.05) is 31.2 Å². The molecule has 0 unspecified atom stereocenters. The van der Waals surface area contributed by atoms with Gasteiger partial charge < -0.3 is 29.2 Å². The molecule has 0 aliphatic rings. The van der Waals surface area contributed by atoms with Gasteiger partial charge in [-0.05, 0) is 72.5 Å². The molecule has 22 heteroatoms. The van der Waals surface area contributed by atoms with E-state index in [1.165, 1.54) is 49.7 Å². The summed E-state index contributed by atoms with van der Waals surface area (Å²) in [4.78, 5) is 44.1. The number of ether oxygens (including phenoxy) is 4. The summed E-state index contributed by atoms with van der Waals surface area (Å²) in [6.45, 7) is 7.67. The maximum atomic E-state index is 13.8. The van der Waals surface area contributed by atoms with Crippen LogP contribution in [0.5, 0.6) is 34.8 Å². The smallest absolute Gasteiger partial charge is 0.286 e. The lowest BCUT2D eigenvalue weighted by molar-refractivity contribution is 0.387. The number of nitrogens with zero attached hydrogens (tertiary/aromatic N) is 6. The van der Waals surface area contributed by atoms with Gasteiger partial charge in [-0.1, -0.05) is 76.1 Å². The minimum atomic E-state index is -4.24. The van der Waals surface area contributed by atoms with Crippen LogP contribution in [0.1, 0.15) is 75.4 Å². The van der Waals surface area contributed by atoms with Crippen LogP contribution in [0, 0.1) is 6.92 Å². The fourth-order valence-electron chi connectivity index (χ4n) is 7.71. The van der Waals surface area contributed by atoms with Crippen LogP contribution in [0.4, 0.5) is 11.4 Å². The van der Waals surface area contributed by atoms with Crippen molar-refractivity contribution < 1.29 is 46.0 Å². The third-order valence-electron chi connectivity index (χ3n) is 11.3. The highest BCUT2D eigenvalue weighted by atomic mass is 32.2. The Hall–Kier alpha value is -7.72. The summed E-state index contributed by atoms with van der Waals surface area (Å²) in [7, 11) is -2.51. The number of rotatable bonds is 20. The van der Waals surface area contributed by atoms with Crippen LogP contribution in [0.25, 0.3) is 22.1 Å². The van der Waals surface area contributed by atoms with Crippen LogP contribution in [-0.4, -0.2) is 90.3 Å². The molecule has 0 saturated heterocycles. The number of nitrogens with one attached hydrogen (secondary N) is 2. The van der Waals surface area contributed by atoms with Crippen LogP contribution in [0.15, 0.2) is 106 Å². The highest BCUT2D eigenvalue weighted by Crippen LogP contribution is 2.37. The number of fused-ring (bicyclic) bond motifs is 1. The first-order chi connectivity index (χ1) is 34.4. The number of aromatic hydroxyl groups is 2. The van der Waals surface area contributed by atoms with Crippen LogP contribution >= 0.6 is 0 Å². The molecule has 3 aromatic heterocycles. The molecular weight excluding hydrogens is 969 g/mol. The topological polar surface area (TPSA) is 265 Å². The average Bonchev–Trinajstić information content (AvgIpc) is 3.37. The van der Waals surface area contributed by atoms with Gasteiger partial charge in [0.1, 0.15) is 51.8 Å². The van der Waals surface area contributed by atoms with Crippen molar-refractivity contribution in [3.05, 3.63) is 135 Å². The number of hydrogen-bond donors (Lipinski definition) is 4. The summed E-state index contributed by atoms with van der Waals surface area (Å²) < 4.78 is 81.0. The summed E-state index contributed by atoms with van der Waals surface area (Å²) in [5.74, 6) is 0.0583. The monoisotopic (exact) mass is 1030 g/mol. The Morgan fingerprint density at radius 1 is 0.653 bits per heavy atom. The van der Waals surface area contributed by atoms with Gasteiger partial charge in [-0.15, -0.1) is 0 Å². The molecule has 4 N–H and O–H groups in total. The molecule has 0 aliphatic heterocycles. The predicted octanol–water partition coefficient (Wildman–Crippen LogP) is 7.19. The standard InChI is InChI=1S/C26H27N3O6S.C24H31N5O6S/c1-4-5-13-22-27-25(30)23(26(31)29(22)24-20(34-2)11-8-12-21(24)35-3)28-36(32,33)19-15-14-17-9-6-7-10-18(17)16-19;1-6-8-16(3)22-27-23(30)20(28-36(32,33)12-11-19-25-13-15(2)14-26-19)24(31)29(22)21-17(34-4)9-7-10-18(21)35-5/h6-12,14-16,28,30H,4-5,13H2,1-3H3;7,9-10,13-14,16,28,30H,6,8,11-12H2,1-5H3/t;16-/m.0/s1. The second-order valence-electron chi connectivity index (χ2n) is 16.5. The van der Waals surface area contributed by atoms with E-state index in [9.17, 15) is 36.6 Å². The fourth-order valence-corrected chi connectivity index (χ4v) is 9.85. The molecule has 0 bridgehead atoms. The Kier molecular flexibility index (Phi) is 17.5. The molecule has 0 fully saturated rings. The van der Waals surface area contributed by atoms with Gasteiger partial charge in [0.25, 0.3) is 21.1 Å². The molecule has 382 valence electrons. The number of sulfonamides is 2. The molecule has 7 rings (SSSR count). The van der Waals surface area contributed by atoms with Crippen molar-refractivity contribution in [2.75, 3.05) is 43.6 Å². The van der Waals surface area contributed by atoms with Gasteiger partial charge in [0.15, 0.2) is 11.4 Å². The summed E-state index contributed by atoms with van der Waals surface area (Å²) >= 11 is 0. The molecule has 0 radical (unpaired) electrons. The lowest BCUT2D eigenvalue weighted by Crippen LogP contribution is -2.31. The predicted molar refractivity (Wildman–Crippen MR) is 274 cm³/mol. The zero-order valence-electron chi connectivity index (χ0n) is 41.2. The number of para-hydroxylation sites is 2. The van der Waals surface area contributed by atoms with Crippen LogP contribution < -0.4 is 39.5 Å². The van der Waals surface area contributed by atoms with E-state index in [-0.39, 0.29) is 40.3 Å². The highest BCUT2D eigenvalue weighted by molar-refractivity contribution is 7.93. The molecule has 0 saturated carbocycles. The molecule has 72 heavy (non-hydrogen) atoms. The van der Waals surface area contributed by atoms with Crippen molar-refractivity contribution in [2.24, 2.45) is 0 Å². The lowest BCUT2D eigenvalue weighted by Gasteiger charge is -2.22.